The Morgan fingerprint density at radius 3 is 2.00 bits per heavy atom. The molecular weight excluding hydrogens is 276 g/mol. The summed E-state index contributed by atoms with van der Waals surface area (Å²) in [5, 5.41) is 18.0. The number of hydrogen-bond donors (Lipinski definition) is 2. The molecule has 2 N–H and O–H groups in total. The lowest BCUT2D eigenvalue weighted by atomic mass is 10.2. The minimum absolute atomic E-state index is 0.0303. The highest BCUT2D eigenvalue weighted by atomic mass is 79.9. The fourth-order valence-corrected chi connectivity index (χ4v) is 1.99. The highest BCUT2D eigenvalue weighted by Crippen LogP contribution is 2.33. The third-order valence-corrected chi connectivity index (χ3v) is 2.47. The quantitative estimate of drug-likeness (QED) is 0.830. The SMILES string of the molecule is OCc1cc(Br)c(O)c(Br)c1. The molecule has 0 amide bonds. The molecule has 0 fully saturated rings. The fraction of sp³-hybridized carbons (Fsp3) is 0.143. The van der Waals surface area contributed by atoms with Crippen molar-refractivity contribution in [3.8, 4) is 5.75 Å². The van der Waals surface area contributed by atoms with E-state index < -0.39 is 0 Å². The fourth-order valence-electron chi connectivity index (χ4n) is 0.709. The summed E-state index contributed by atoms with van der Waals surface area (Å²) in [6.45, 7) is -0.0303. The standard InChI is InChI=1S/C7H6Br2O2/c8-5-1-4(3-10)2-6(9)7(5)11/h1-2,10-11H,3H2. The van der Waals surface area contributed by atoms with E-state index in [4.69, 9.17) is 5.11 Å². The molecule has 0 aliphatic rings. The highest BCUT2D eigenvalue weighted by molar-refractivity contribution is 9.11. The van der Waals surface area contributed by atoms with Crippen molar-refractivity contribution in [2.45, 2.75) is 6.61 Å². The molecule has 0 aliphatic carbocycles. The predicted molar refractivity (Wildman–Crippen MR) is 49.4 cm³/mol. The Morgan fingerprint density at radius 1 is 1.18 bits per heavy atom. The average Bonchev–Trinajstić information content (AvgIpc) is 1.99. The monoisotopic (exact) mass is 280 g/mol. The predicted octanol–water partition coefficient (Wildman–Crippen LogP) is 2.41. The molecule has 0 radical (unpaired) electrons. The molecule has 1 aromatic rings. The maximum absolute atomic E-state index is 9.25. The molecule has 0 atom stereocenters. The van der Waals surface area contributed by atoms with Crippen molar-refractivity contribution in [1.29, 1.82) is 0 Å². The molecule has 2 nitrogen and oxygen atoms in total. The van der Waals surface area contributed by atoms with Crippen molar-refractivity contribution in [2.24, 2.45) is 0 Å². The van der Waals surface area contributed by atoms with Gasteiger partial charge in [0.1, 0.15) is 5.75 Å². The number of halogens is 2. The van der Waals surface area contributed by atoms with Crippen LogP contribution in [-0.4, -0.2) is 10.2 Å². The van der Waals surface area contributed by atoms with Gasteiger partial charge in [0.15, 0.2) is 0 Å². The first kappa shape index (κ1) is 9.03. The number of aliphatic hydroxyl groups excluding tert-OH is 1. The van der Waals surface area contributed by atoms with Gasteiger partial charge in [0, 0.05) is 0 Å². The van der Waals surface area contributed by atoms with Gasteiger partial charge >= 0.3 is 0 Å². The second-order valence-electron chi connectivity index (χ2n) is 2.07. The smallest absolute Gasteiger partial charge is 0.143 e. The van der Waals surface area contributed by atoms with Crippen LogP contribution < -0.4 is 0 Å². The van der Waals surface area contributed by atoms with Gasteiger partial charge in [-0.2, -0.15) is 0 Å². The zero-order chi connectivity index (χ0) is 8.43. The molecular formula is C7H6Br2O2. The van der Waals surface area contributed by atoms with Gasteiger partial charge in [0.05, 0.1) is 15.6 Å². The van der Waals surface area contributed by atoms with Crippen LogP contribution in [0.3, 0.4) is 0 Å². The van der Waals surface area contributed by atoms with Crippen LogP contribution in [0.25, 0.3) is 0 Å². The van der Waals surface area contributed by atoms with Gasteiger partial charge in [-0.25, -0.2) is 0 Å². The molecule has 0 aromatic heterocycles. The molecule has 1 aromatic carbocycles. The maximum atomic E-state index is 9.25. The van der Waals surface area contributed by atoms with Crippen LogP contribution >= 0.6 is 31.9 Å². The van der Waals surface area contributed by atoms with Crippen LogP contribution in [0.4, 0.5) is 0 Å². The maximum Gasteiger partial charge on any atom is 0.143 e. The summed E-state index contributed by atoms with van der Waals surface area (Å²) in [5.74, 6) is 0.155. The third kappa shape index (κ3) is 1.95. The Bertz CT molecular complexity index is 250. The molecule has 0 saturated carbocycles. The number of benzene rings is 1. The van der Waals surface area contributed by atoms with Crippen molar-refractivity contribution in [3.05, 3.63) is 26.6 Å². The van der Waals surface area contributed by atoms with Gasteiger partial charge in [-0.05, 0) is 49.6 Å². The molecule has 0 saturated heterocycles. The van der Waals surface area contributed by atoms with E-state index in [9.17, 15) is 5.11 Å². The number of rotatable bonds is 1. The summed E-state index contributed by atoms with van der Waals surface area (Å²) in [4.78, 5) is 0. The van der Waals surface area contributed by atoms with Crippen molar-refractivity contribution in [2.75, 3.05) is 0 Å². The molecule has 0 aliphatic heterocycles. The zero-order valence-corrected chi connectivity index (χ0v) is 8.68. The van der Waals surface area contributed by atoms with Crippen LogP contribution in [0.1, 0.15) is 5.56 Å². The highest BCUT2D eigenvalue weighted by Gasteiger charge is 2.04. The molecule has 1 rings (SSSR count). The lowest BCUT2D eigenvalue weighted by Crippen LogP contribution is -1.83. The van der Waals surface area contributed by atoms with Gasteiger partial charge in [-0.3, -0.25) is 0 Å². The normalized spacial score (nSPS) is 10.1. The molecule has 4 heteroatoms. The lowest BCUT2D eigenvalue weighted by molar-refractivity contribution is 0.281. The lowest BCUT2D eigenvalue weighted by Gasteiger charge is -2.02. The largest absolute Gasteiger partial charge is 0.506 e. The minimum atomic E-state index is -0.0303. The van der Waals surface area contributed by atoms with Gasteiger partial charge in [-0.1, -0.05) is 0 Å². The van der Waals surface area contributed by atoms with Crippen LogP contribution in [0.2, 0.25) is 0 Å². The Hall–Kier alpha value is -0.0600. The first-order valence-electron chi connectivity index (χ1n) is 2.93. The Labute approximate surface area is 81.1 Å². The summed E-state index contributed by atoms with van der Waals surface area (Å²) < 4.78 is 1.16. The number of aromatic hydroxyl groups is 1. The van der Waals surface area contributed by atoms with Gasteiger partial charge < -0.3 is 10.2 Å². The van der Waals surface area contributed by atoms with E-state index in [2.05, 4.69) is 31.9 Å². The molecule has 0 unspecified atom stereocenters. The molecule has 0 bridgehead atoms. The van der Waals surface area contributed by atoms with E-state index in [0.29, 0.717) is 8.95 Å². The summed E-state index contributed by atoms with van der Waals surface area (Å²) in [7, 11) is 0. The minimum Gasteiger partial charge on any atom is -0.506 e. The third-order valence-electron chi connectivity index (χ3n) is 1.26. The van der Waals surface area contributed by atoms with E-state index >= 15 is 0 Å². The van der Waals surface area contributed by atoms with Crippen LogP contribution in [0.15, 0.2) is 21.1 Å². The average molecular weight is 282 g/mol. The number of phenols is 1. The van der Waals surface area contributed by atoms with Crippen molar-refractivity contribution in [1.82, 2.24) is 0 Å². The molecule has 0 heterocycles. The first-order chi connectivity index (χ1) is 5.15. The van der Waals surface area contributed by atoms with Gasteiger partial charge in [0.25, 0.3) is 0 Å². The molecule has 0 spiro atoms. The first-order valence-corrected chi connectivity index (χ1v) is 4.51. The van der Waals surface area contributed by atoms with E-state index in [-0.39, 0.29) is 12.4 Å². The van der Waals surface area contributed by atoms with Crippen molar-refractivity contribution >= 4 is 31.9 Å². The second kappa shape index (κ2) is 3.56. The van der Waals surface area contributed by atoms with Gasteiger partial charge in [-0.15, -0.1) is 0 Å². The Balaban J connectivity index is 3.21. The number of hydrogen-bond acceptors (Lipinski definition) is 2. The van der Waals surface area contributed by atoms with E-state index in [0.717, 1.165) is 5.56 Å². The molecule has 60 valence electrons. The second-order valence-corrected chi connectivity index (χ2v) is 3.77. The van der Waals surface area contributed by atoms with Crippen LogP contribution in [0, 0.1) is 0 Å². The zero-order valence-electron chi connectivity index (χ0n) is 5.51. The Morgan fingerprint density at radius 2 is 1.64 bits per heavy atom. The summed E-state index contributed by atoms with van der Waals surface area (Å²) in [6, 6.07) is 3.33. The summed E-state index contributed by atoms with van der Waals surface area (Å²) in [5.41, 5.74) is 0.751. The van der Waals surface area contributed by atoms with E-state index in [1.54, 1.807) is 12.1 Å². The summed E-state index contributed by atoms with van der Waals surface area (Å²) in [6.07, 6.45) is 0. The van der Waals surface area contributed by atoms with E-state index in [1.165, 1.54) is 0 Å². The molecule has 11 heavy (non-hydrogen) atoms. The van der Waals surface area contributed by atoms with Gasteiger partial charge in [0.2, 0.25) is 0 Å². The number of phenolic OH excluding ortho intramolecular Hbond substituents is 1. The van der Waals surface area contributed by atoms with Crippen LogP contribution in [0.5, 0.6) is 5.75 Å². The van der Waals surface area contributed by atoms with Crippen molar-refractivity contribution in [3.63, 3.8) is 0 Å². The summed E-state index contributed by atoms with van der Waals surface area (Å²) >= 11 is 6.29. The van der Waals surface area contributed by atoms with E-state index in [1.807, 2.05) is 0 Å². The van der Waals surface area contributed by atoms with Crippen LogP contribution in [-0.2, 0) is 6.61 Å². The number of aliphatic hydroxyl groups is 1. The van der Waals surface area contributed by atoms with Crippen molar-refractivity contribution < 1.29 is 10.2 Å². The Kier molecular flexibility index (Phi) is 2.92. The topological polar surface area (TPSA) is 40.5 Å².